The fourth-order valence-corrected chi connectivity index (χ4v) is 3.52. The van der Waals surface area contributed by atoms with Gasteiger partial charge in [0.15, 0.2) is 0 Å². The Balaban J connectivity index is 2.07. The zero-order chi connectivity index (χ0) is 13.3. The molecule has 0 aromatic rings. The molecule has 6 heteroatoms. The summed E-state index contributed by atoms with van der Waals surface area (Å²) in [7, 11) is 0. The second-order valence-corrected chi connectivity index (χ2v) is 6.53. The number of nitrogens with zero attached hydrogens (tertiary/aromatic N) is 1. The molecule has 3 N–H and O–H groups in total. The molecule has 0 spiro atoms. The van der Waals surface area contributed by atoms with Gasteiger partial charge in [0.2, 0.25) is 5.91 Å². The van der Waals surface area contributed by atoms with E-state index in [1.807, 2.05) is 0 Å². The van der Waals surface area contributed by atoms with Crippen molar-refractivity contribution in [1.82, 2.24) is 4.90 Å². The SMILES string of the molecule is CC(N)(C(=O)N1CCSCC1CC(=O)O)C1CC1. The number of aliphatic carboxylic acids is 1. The molecule has 2 aliphatic rings. The third-order valence-corrected chi connectivity index (χ3v) is 4.88. The van der Waals surface area contributed by atoms with E-state index in [2.05, 4.69) is 0 Å². The van der Waals surface area contributed by atoms with Crippen molar-refractivity contribution in [2.75, 3.05) is 18.1 Å². The number of nitrogens with two attached hydrogens (primary N) is 1. The van der Waals surface area contributed by atoms with Crippen LogP contribution < -0.4 is 5.73 Å². The molecule has 0 bridgehead atoms. The first-order chi connectivity index (χ1) is 8.43. The topological polar surface area (TPSA) is 83.6 Å². The Bertz CT molecular complexity index is 355. The molecule has 18 heavy (non-hydrogen) atoms. The number of carboxylic acid groups (broad SMARTS) is 1. The Morgan fingerprint density at radius 1 is 1.50 bits per heavy atom. The number of rotatable bonds is 4. The molecule has 5 nitrogen and oxygen atoms in total. The molecular formula is C12H20N2O3S. The predicted molar refractivity (Wildman–Crippen MR) is 70.4 cm³/mol. The molecule has 1 saturated heterocycles. The number of carbonyl (C=O) groups excluding carboxylic acids is 1. The highest BCUT2D eigenvalue weighted by atomic mass is 32.2. The fraction of sp³-hybridized carbons (Fsp3) is 0.833. The van der Waals surface area contributed by atoms with Gasteiger partial charge in [0.1, 0.15) is 0 Å². The average Bonchev–Trinajstić information content (AvgIpc) is 3.12. The highest BCUT2D eigenvalue weighted by Gasteiger charge is 2.47. The Hall–Kier alpha value is -0.750. The van der Waals surface area contributed by atoms with Gasteiger partial charge in [-0.05, 0) is 25.7 Å². The van der Waals surface area contributed by atoms with E-state index in [-0.39, 0.29) is 24.3 Å². The Kier molecular flexibility index (Phi) is 3.87. The molecule has 1 amide bonds. The van der Waals surface area contributed by atoms with Gasteiger partial charge in [-0.15, -0.1) is 0 Å². The third-order valence-electron chi connectivity index (χ3n) is 3.78. The van der Waals surface area contributed by atoms with E-state index in [9.17, 15) is 9.59 Å². The van der Waals surface area contributed by atoms with Gasteiger partial charge in [0.05, 0.1) is 18.0 Å². The van der Waals surface area contributed by atoms with Gasteiger partial charge in [-0.3, -0.25) is 9.59 Å². The van der Waals surface area contributed by atoms with Crippen molar-refractivity contribution in [1.29, 1.82) is 0 Å². The van der Waals surface area contributed by atoms with Crippen LogP contribution in [0.1, 0.15) is 26.2 Å². The summed E-state index contributed by atoms with van der Waals surface area (Å²) < 4.78 is 0. The number of thioether (sulfide) groups is 1. The summed E-state index contributed by atoms with van der Waals surface area (Å²) in [5.74, 6) is 0.897. The van der Waals surface area contributed by atoms with Crippen molar-refractivity contribution in [2.45, 2.75) is 37.8 Å². The van der Waals surface area contributed by atoms with E-state index >= 15 is 0 Å². The lowest BCUT2D eigenvalue weighted by atomic mass is 9.94. The first-order valence-corrected chi connectivity index (χ1v) is 7.48. The van der Waals surface area contributed by atoms with Gasteiger partial charge < -0.3 is 15.7 Å². The van der Waals surface area contributed by atoms with Crippen LogP contribution in [0, 0.1) is 5.92 Å². The van der Waals surface area contributed by atoms with Crippen LogP contribution in [-0.2, 0) is 9.59 Å². The Morgan fingerprint density at radius 3 is 2.72 bits per heavy atom. The van der Waals surface area contributed by atoms with E-state index in [1.165, 1.54) is 0 Å². The van der Waals surface area contributed by atoms with Gasteiger partial charge in [-0.2, -0.15) is 11.8 Å². The molecule has 0 radical (unpaired) electrons. The van der Waals surface area contributed by atoms with E-state index < -0.39 is 11.5 Å². The monoisotopic (exact) mass is 272 g/mol. The Morgan fingerprint density at radius 2 is 2.17 bits per heavy atom. The molecule has 1 aliphatic carbocycles. The Labute approximate surface area is 111 Å². The largest absolute Gasteiger partial charge is 0.481 e. The van der Waals surface area contributed by atoms with E-state index in [1.54, 1.807) is 23.6 Å². The van der Waals surface area contributed by atoms with Gasteiger partial charge in [0, 0.05) is 18.1 Å². The molecule has 1 aliphatic heterocycles. The van der Waals surface area contributed by atoms with E-state index in [4.69, 9.17) is 10.8 Å². The van der Waals surface area contributed by atoms with Crippen LogP contribution in [0.15, 0.2) is 0 Å². The maximum atomic E-state index is 12.5. The molecule has 1 heterocycles. The fourth-order valence-electron chi connectivity index (χ4n) is 2.46. The van der Waals surface area contributed by atoms with Crippen molar-refractivity contribution in [3.8, 4) is 0 Å². The van der Waals surface area contributed by atoms with Crippen molar-refractivity contribution in [3.05, 3.63) is 0 Å². The average molecular weight is 272 g/mol. The molecular weight excluding hydrogens is 252 g/mol. The number of hydrogen-bond donors (Lipinski definition) is 2. The molecule has 1 saturated carbocycles. The summed E-state index contributed by atoms with van der Waals surface area (Å²) in [6.45, 7) is 2.40. The van der Waals surface area contributed by atoms with Crippen LogP contribution in [-0.4, -0.2) is 51.5 Å². The van der Waals surface area contributed by atoms with Crippen LogP contribution in [0.25, 0.3) is 0 Å². The van der Waals surface area contributed by atoms with Gasteiger partial charge in [-0.25, -0.2) is 0 Å². The summed E-state index contributed by atoms with van der Waals surface area (Å²) in [5, 5.41) is 8.91. The zero-order valence-electron chi connectivity index (χ0n) is 10.6. The van der Waals surface area contributed by atoms with E-state index in [0.29, 0.717) is 12.3 Å². The van der Waals surface area contributed by atoms with Crippen molar-refractivity contribution in [3.63, 3.8) is 0 Å². The standard InChI is InChI=1S/C12H20N2O3S/c1-12(13,8-2-3-8)11(17)14-4-5-18-7-9(14)6-10(15)16/h8-9H,2-7,13H2,1H3,(H,15,16). The van der Waals surface area contributed by atoms with Crippen molar-refractivity contribution >= 4 is 23.6 Å². The number of carbonyl (C=O) groups is 2. The molecule has 2 fully saturated rings. The lowest BCUT2D eigenvalue weighted by Crippen LogP contribution is -2.59. The predicted octanol–water partition coefficient (Wildman–Crippen LogP) is 0.532. The van der Waals surface area contributed by atoms with E-state index in [0.717, 1.165) is 18.6 Å². The van der Waals surface area contributed by atoms with Crippen LogP contribution in [0.3, 0.4) is 0 Å². The number of carboxylic acids is 1. The number of hydrogen-bond acceptors (Lipinski definition) is 4. The lowest BCUT2D eigenvalue weighted by molar-refractivity contribution is -0.143. The molecule has 0 aromatic heterocycles. The van der Waals surface area contributed by atoms with Gasteiger partial charge >= 0.3 is 5.97 Å². The van der Waals surface area contributed by atoms with Crippen LogP contribution >= 0.6 is 11.8 Å². The molecule has 0 aromatic carbocycles. The normalized spacial score (nSPS) is 27.7. The molecule has 2 atom stereocenters. The summed E-state index contributed by atoms with van der Waals surface area (Å²) >= 11 is 1.70. The van der Waals surface area contributed by atoms with Crippen LogP contribution in [0.2, 0.25) is 0 Å². The zero-order valence-corrected chi connectivity index (χ0v) is 11.4. The van der Waals surface area contributed by atoms with Crippen molar-refractivity contribution < 1.29 is 14.7 Å². The number of amides is 1. The summed E-state index contributed by atoms with van der Waals surface area (Å²) in [4.78, 5) is 25.0. The minimum absolute atomic E-state index is 0.0134. The minimum atomic E-state index is -0.856. The van der Waals surface area contributed by atoms with Crippen LogP contribution in [0.5, 0.6) is 0 Å². The van der Waals surface area contributed by atoms with Crippen LogP contribution in [0.4, 0.5) is 0 Å². The first kappa shape index (κ1) is 13.7. The smallest absolute Gasteiger partial charge is 0.305 e. The van der Waals surface area contributed by atoms with Gasteiger partial charge in [0.25, 0.3) is 0 Å². The minimum Gasteiger partial charge on any atom is -0.481 e. The lowest BCUT2D eigenvalue weighted by Gasteiger charge is -2.39. The summed E-state index contributed by atoms with van der Waals surface area (Å²) in [6.07, 6.45) is 2.02. The molecule has 2 rings (SSSR count). The van der Waals surface area contributed by atoms with Gasteiger partial charge in [-0.1, -0.05) is 0 Å². The molecule has 2 unspecified atom stereocenters. The summed E-state index contributed by atoms with van der Waals surface area (Å²) in [5.41, 5.74) is 5.32. The highest BCUT2D eigenvalue weighted by Crippen LogP contribution is 2.39. The second kappa shape index (κ2) is 5.09. The second-order valence-electron chi connectivity index (χ2n) is 5.38. The quantitative estimate of drug-likeness (QED) is 0.780. The van der Waals surface area contributed by atoms with Crippen molar-refractivity contribution in [2.24, 2.45) is 11.7 Å². The maximum Gasteiger partial charge on any atom is 0.305 e. The molecule has 102 valence electrons. The summed E-state index contributed by atoms with van der Waals surface area (Å²) in [6, 6.07) is -0.213. The highest BCUT2D eigenvalue weighted by molar-refractivity contribution is 7.99. The maximum absolute atomic E-state index is 12.5. The third kappa shape index (κ3) is 2.80. The first-order valence-electron chi connectivity index (χ1n) is 6.32.